The van der Waals surface area contributed by atoms with Gasteiger partial charge in [0.05, 0.1) is 5.56 Å². The Kier molecular flexibility index (Phi) is 5.43. The second-order valence-corrected chi connectivity index (χ2v) is 8.24. The van der Waals surface area contributed by atoms with Gasteiger partial charge in [-0.15, -0.1) is 0 Å². The number of hydrogen-bond acceptors (Lipinski definition) is 5. The molecule has 4 heterocycles. The first-order chi connectivity index (χ1) is 14.0. The van der Waals surface area contributed by atoms with Crippen molar-refractivity contribution >= 4 is 23.5 Å². The summed E-state index contributed by atoms with van der Waals surface area (Å²) in [6.45, 7) is 1.23. The summed E-state index contributed by atoms with van der Waals surface area (Å²) in [5.41, 5.74) is 0.580. The minimum Gasteiger partial charge on any atom is -0.373 e. The van der Waals surface area contributed by atoms with E-state index in [1.807, 2.05) is 21.7 Å². The Balaban J connectivity index is 1.33. The molecule has 3 fully saturated rings. The third-order valence-electron chi connectivity index (χ3n) is 6.68. The molecule has 3 amide bonds. The third-order valence-corrected chi connectivity index (χ3v) is 6.68. The topological polar surface area (TPSA) is 85.8 Å². The molecule has 0 bridgehead atoms. The van der Waals surface area contributed by atoms with E-state index in [2.05, 4.69) is 10.3 Å². The van der Waals surface area contributed by atoms with Crippen molar-refractivity contribution in [1.29, 1.82) is 0 Å². The number of carbonyl (C=O) groups is 3. The molecule has 8 heteroatoms. The van der Waals surface area contributed by atoms with Crippen molar-refractivity contribution < 1.29 is 14.4 Å². The van der Waals surface area contributed by atoms with E-state index < -0.39 is 0 Å². The average Bonchev–Trinajstić information content (AvgIpc) is 3.35. The zero-order chi connectivity index (χ0) is 20.5. The van der Waals surface area contributed by atoms with Gasteiger partial charge in [-0.25, -0.2) is 4.98 Å². The molecule has 0 aliphatic carbocycles. The van der Waals surface area contributed by atoms with Crippen LogP contribution < -0.4 is 5.32 Å². The zero-order valence-corrected chi connectivity index (χ0v) is 17.1. The third kappa shape index (κ3) is 3.68. The SMILES string of the molecule is CNc1ccc(C(=O)N2CCC(N(C)C(=O)C3CCC4CCC(=O)N43)CC2)cn1. The molecule has 0 saturated carbocycles. The monoisotopic (exact) mass is 399 g/mol. The molecule has 1 N–H and O–H groups in total. The highest BCUT2D eigenvalue weighted by molar-refractivity contribution is 5.94. The van der Waals surface area contributed by atoms with Gasteiger partial charge >= 0.3 is 0 Å². The molecule has 2 unspecified atom stereocenters. The van der Waals surface area contributed by atoms with E-state index in [4.69, 9.17) is 0 Å². The fraction of sp³-hybridized carbons (Fsp3) is 0.619. The van der Waals surface area contributed by atoms with Gasteiger partial charge in [-0.05, 0) is 44.2 Å². The second-order valence-electron chi connectivity index (χ2n) is 8.24. The molecule has 3 aliphatic rings. The van der Waals surface area contributed by atoms with E-state index >= 15 is 0 Å². The maximum atomic E-state index is 13.1. The zero-order valence-electron chi connectivity index (χ0n) is 17.1. The Labute approximate surface area is 171 Å². The summed E-state index contributed by atoms with van der Waals surface area (Å²) in [4.78, 5) is 47.7. The average molecular weight is 399 g/mol. The van der Waals surface area contributed by atoms with Crippen molar-refractivity contribution in [2.24, 2.45) is 0 Å². The van der Waals surface area contributed by atoms with Gasteiger partial charge in [0.15, 0.2) is 0 Å². The number of rotatable bonds is 4. The summed E-state index contributed by atoms with van der Waals surface area (Å²) in [6.07, 6.45) is 6.26. The number of carbonyl (C=O) groups excluding carboxylic acids is 3. The van der Waals surface area contributed by atoms with Crippen molar-refractivity contribution in [3.8, 4) is 0 Å². The predicted octanol–water partition coefficient (Wildman–Crippen LogP) is 1.34. The summed E-state index contributed by atoms with van der Waals surface area (Å²) >= 11 is 0. The number of nitrogens with one attached hydrogen (secondary N) is 1. The fourth-order valence-corrected chi connectivity index (χ4v) is 4.93. The smallest absolute Gasteiger partial charge is 0.255 e. The molecule has 0 radical (unpaired) electrons. The molecule has 29 heavy (non-hydrogen) atoms. The number of nitrogens with zero attached hydrogens (tertiary/aromatic N) is 4. The molecule has 3 aliphatic heterocycles. The molecule has 0 aromatic carbocycles. The van der Waals surface area contributed by atoms with E-state index in [-0.39, 0.29) is 35.8 Å². The van der Waals surface area contributed by atoms with E-state index in [9.17, 15) is 14.4 Å². The molecule has 4 rings (SSSR count). The lowest BCUT2D eigenvalue weighted by Crippen LogP contribution is -2.52. The van der Waals surface area contributed by atoms with Crippen LogP contribution in [-0.2, 0) is 9.59 Å². The maximum absolute atomic E-state index is 13.1. The molecule has 0 spiro atoms. The van der Waals surface area contributed by atoms with Crippen molar-refractivity contribution in [2.45, 2.75) is 56.7 Å². The molecule has 8 nitrogen and oxygen atoms in total. The first-order valence-corrected chi connectivity index (χ1v) is 10.5. The van der Waals surface area contributed by atoms with E-state index in [1.54, 1.807) is 25.4 Å². The van der Waals surface area contributed by atoms with Crippen LogP contribution in [0.2, 0.25) is 0 Å². The van der Waals surface area contributed by atoms with Crippen LogP contribution in [0.25, 0.3) is 0 Å². The van der Waals surface area contributed by atoms with Crippen LogP contribution in [0.3, 0.4) is 0 Å². The van der Waals surface area contributed by atoms with Crippen LogP contribution in [0, 0.1) is 0 Å². The normalized spacial score (nSPS) is 24.6. The highest BCUT2D eigenvalue weighted by Gasteiger charge is 2.46. The summed E-state index contributed by atoms with van der Waals surface area (Å²) < 4.78 is 0. The summed E-state index contributed by atoms with van der Waals surface area (Å²) in [5, 5.41) is 2.94. The van der Waals surface area contributed by atoms with Crippen molar-refractivity contribution in [3.63, 3.8) is 0 Å². The Morgan fingerprint density at radius 3 is 2.55 bits per heavy atom. The quantitative estimate of drug-likeness (QED) is 0.826. The van der Waals surface area contributed by atoms with Gasteiger partial charge in [-0.2, -0.15) is 0 Å². The van der Waals surface area contributed by atoms with Crippen LogP contribution in [0.5, 0.6) is 0 Å². The first kappa shape index (κ1) is 19.7. The second kappa shape index (κ2) is 8.00. The van der Waals surface area contributed by atoms with E-state index in [1.165, 1.54) is 0 Å². The first-order valence-electron chi connectivity index (χ1n) is 10.5. The number of piperidine rings is 1. The standard InChI is InChI=1S/C21H29N5O3/c1-22-18-7-3-14(13-23-18)20(28)25-11-9-15(10-12-25)24(2)21(29)17-6-4-16-5-8-19(27)26(16)17/h3,7,13,15-17H,4-6,8-12H2,1-2H3,(H,22,23). The molecule has 3 saturated heterocycles. The lowest BCUT2D eigenvalue weighted by Gasteiger charge is -2.38. The van der Waals surface area contributed by atoms with Gasteiger partial charge in [0, 0.05) is 51.9 Å². The van der Waals surface area contributed by atoms with E-state index in [0.717, 1.165) is 37.9 Å². The fourth-order valence-electron chi connectivity index (χ4n) is 4.93. The number of anilines is 1. The van der Waals surface area contributed by atoms with Gasteiger partial charge in [-0.1, -0.05) is 0 Å². The van der Waals surface area contributed by atoms with Gasteiger partial charge < -0.3 is 20.0 Å². The summed E-state index contributed by atoms with van der Waals surface area (Å²) in [6, 6.07) is 3.64. The molecule has 1 aromatic rings. The van der Waals surface area contributed by atoms with Gasteiger partial charge in [0.25, 0.3) is 5.91 Å². The maximum Gasteiger partial charge on any atom is 0.255 e. The number of fused-ring (bicyclic) bond motifs is 1. The lowest BCUT2D eigenvalue weighted by molar-refractivity contribution is -0.144. The Morgan fingerprint density at radius 1 is 1.14 bits per heavy atom. The molecule has 1 aromatic heterocycles. The predicted molar refractivity (Wildman–Crippen MR) is 108 cm³/mol. The number of likely N-dealkylation sites (tertiary alicyclic amines) is 1. The van der Waals surface area contributed by atoms with Crippen molar-refractivity contribution in [3.05, 3.63) is 23.9 Å². The van der Waals surface area contributed by atoms with E-state index in [0.29, 0.717) is 25.1 Å². The number of pyridine rings is 1. The Morgan fingerprint density at radius 2 is 1.90 bits per heavy atom. The van der Waals surface area contributed by atoms with Gasteiger partial charge in [0.1, 0.15) is 11.9 Å². The summed E-state index contributed by atoms with van der Waals surface area (Å²) in [7, 11) is 3.64. The molecular weight excluding hydrogens is 370 g/mol. The van der Waals surface area contributed by atoms with Crippen molar-refractivity contribution in [1.82, 2.24) is 19.7 Å². The largest absolute Gasteiger partial charge is 0.373 e. The van der Waals surface area contributed by atoms with Crippen LogP contribution in [-0.4, -0.2) is 82.7 Å². The molecular formula is C21H29N5O3. The molecule has 156 valence electrons. The highest BCUT2D eigenvalue weighted by Crippen LogP contribution is 2.34. The van der Waals surface area contributed by atoms with Crippen LogP contribution >= 0.6 is 0 Å². The van der Waals surface area contributed by atoms with Crippen LogP contribution in [0.15, 0.2) is 18.3 Å². The Hall–Kier alpha value is -2.64. The number of hydrogen-bond donors (Lipinski definition) is 1. The number of amides is 3. The minimum absolute atomic E-state index is 0.0196. The Bertz CT molecular complexity index is 788. The summed E-state index contributed by atoms with van der Waals surface area (Å²) in [5.74, 6) is 0.886. The number of aromatic nitrogens is 1. The molecule has 2 atom stereocenters. The van der Waals surface area contributed by atoms with Crippen LogP contribution in [0.4, 0.5) is 5.82 Å². The van der Waals surface area contributed by atoms with Crippen molar-refractivity contribution in [2.75, 3.05) is 32.5 Å². The lowest BCUT2D eigenvalue weighted by atomic mass is 10.0. The highest BCUT2D eigenvalue weighted by atomic mass is 16.2. The van der Waals surface area contributed by atoms with Gasteiger partial charge in [-0.3, -0.25) is 14.4 Å². The van der Waals surface area contributed by atoms with Gasteiger partial charge in [0.2, 0.25) is 11.8 Å². The number of likely N-dealkylation sites (N-methyl/N-ethyl adjacent to an activating group) is 1. The van der Waals surface area contributed by atoms with Crippen LogP contribution in [0.1, 0.15) is 48.9 Å². The minimum atomic E-state index is -0.295.